The summed E-state index contributed by atoms with van der Waals surface area (Å²) in [5.41, 5.74) is 5.17. The third-order valence-electron chi connectivity index (χ3n) is 3.41. The van der Waals surface area contributed by atoms with Gasteiger partial charge in [-0.05, 0) is 38.5 Å². The van der Waals surface area contributed by atoms with Crippen LogP contribution < -0.4 is 15.2 Å². The number of halogens is 1. The van der Waals surface area contributed by atoms with E-state index in [4.69, 9.17) is 26.8 Å². The molecule has 1 aromatic carbocycles. The summed E-state index contributed by atoms with van der Waals surface area (Å²) < 4.78 is 38.5. The lowest BCUT2D eigenvalue weighted by Crippen LogP contribution is -2.45. The first-order valence-corrected chi connectivity index (χ1v) is 9.32. The van der Waals surface area contributed by atoms with Crippen molar-refractivity contribution in [3.8, 4) is 5.75 Å². The van der Waals surface area contributed by atoms with E-state index in [9.17, 15) is 8.42 Å². The molecule has 1 fully saturated rings. The van der Waals surface area contributed by atoms with Crippen LogP contribution in [-0.4, -0.2) is 40.3 Å². The molecule has 0 aliphatic carbocycles. The molecule has 0 bridgehead atoms. The molecule has 1 heterocycles. The van der Waals surface area contributed by atoms with Crippen molar-refractivity contribution in [3.63, 3.8) is 0 Å². The van der Waals surface area contributed by atoms with E-state index >= 15 is 0 Å². The zero-order valence-electron chi connectivity index (χ0n) is 13.3. The molecule has 130 valence electrons. The van der Waals surface area contributed by atoms with E-state index in [2.05, 4.69) is 4.72 Å². The lowest BCUT2D eigenvalue weighted by Gasteiger charge is -2.20. The topological polar surface area (TPSA) is 90.7 Å². The number of benzene rings is 1. The molecule has 1 saturated heterocycles. The minimum atomic E-state index is -3.76. The number of hydrogen-bond acceptors (Lipinski definition) is 5. The molecule has 0 aromatic heterocycles. The highest BCUT2D eigenvalue weighted by Crippen LogP contribution is 2.28. The Bertz CT molecular complexity index is 637. The molecule has 0 amide bonds. The van der Waals surface area contributed by atoms with Crippen molar-refractivity contribution in [2.24, 2.45) is 11.7 Å². The van der Waals surface area contributed by atoms with Gasteiger partial charge in [-0.2, -0.15) is 0 Å². The highest BCUT2D eigenvalue weighted by atomic mass is 35.5. The van der Waals surface area contributed by atoms with Gasteiger partial charge >= 0.3 is 0 Å². The van der Waals surface area contributed by atoms with Gasteiger partial charge in [-0.15, -0.1) is 0 Å². The number of nitrogens with one attached hydrogen (secondary N) is 1. The van der Waals surface area contributed by atoms with Crippen LogP contribution in [0.15, 0.2) is 23.1 Å². The monoisotopic (exact) mass is 362 g/mol. The van der Waals surface area contributed by atoms with Gasteiger partial charge in [0.05, 0.1) is 13.2 Å². The largest absolute Gasteiger partial charge is 0.492 e. The minimum absolute atomic E-state index is 0.0214. The number of nitrogens with two attached hydrogens (primary N) is 1. The quantitative estimate of drug-likeness (QED) is 0.771. The number of sulfonamides is 1. The average molecular weight is 363 g/mol. The number of hydrogen-bond donors (Lipinski definition) is 2. The smallest absolute Gasteiger partial charge is 0.244 e. The summed E-state index contributed by atoms with van der Waals surface area (Å²) in [5, 5.41) is 0.328. The van der Waals surface area contributed by atoms with Crippen LogP contribution >= 0.6 is 11.6 Å². The van der Waals surface area contributed by atoms with Gasteiger partial charge in [0.25, 0.3) is 0 Å². The predicted molar refractivity (Wildman–Crippen MR) is 89.3 cm³/mol. The predicted octanol–water partition coefficient (Wildman–Crippen LogP) is 1.77. The second kappa shape index (κ2) is 7.36. The van der Waals surface area contributed by atoms with Gasteiger partial charge in [0.2, 0.25) is 10.0 Å². The Morgan fingerprint density at radius 3 is 2.83 bits per heavy atom. The molecule has 23 heavy (non-hydrogen) atoms. The van der Waals surface area contributed by atoms with E-state index < -0.39 is 15.6 Å². The Hall–Kier alpha value is -0.860. The van der Waals surface area contributed by atoms with Gasteiger partial charge in [-0.3, -0.25) is 0 Å². The van der Waals surface area contributed by atoms with Crippen LogP contribution in [0.3, 0.4) is 0 Å². The van der Waals surface area contributed by atoms with Crippen LogP contribution in [0.25, 0.3) is 0 Å². The Morgan fingerprint density at radius 1 is 1.48 bits per heavy atom. The maximum Gasteiger partial charge on any atom is 0.244 e. The summed E-state index contributed by atoms with van der Waals surface area (Å²) in [5.74, 6) is 0.556. The van der Waals surface area contributed by atoms with Crippen LogP contribution in [-0.2, 0) is 14.8 Å². The average Bonchev–Trinajstić information content (AvgIpc) is 2.96. The van der Waals surface area contributed by atoms with Crippen molar-refractivity contribution >= 4 is 21.6 Å². The van der Waals surface area contributed by atoms with Crippen LogP contribution in [0.4, 0.5) is 0 Å². The lowest BCUT2D eigenvalue weighted by molar-refractivity contribution is 0.166. The summed E-state index contributed by atoms with van der Waals surface area (Å²) in [6.45, 7) is 5.35. The van der Waals surface area contributed by atoms with Crippen molar-refractivity contribution < 1.29 is 17.9 Å². The van der Waals surface area contributed by atoms with Gasteiger partial charge in [0.1, 0.15) is 10.6 Å². The molecular weight excluding hydrogens is 340 g/mol. The Labute approximate surface area is 142 Å². The van der Waals surface area contributed by atoms with Crippen molar-refractivity contribution in [1.82, 2.24) is 4.72 Å². The number of ether oxygens (including phenoxy) is 2. The molecule has 0 radical (unpaired) electrons. The highest BCUT2D eigenvalue weighted by Gasteiger charge is 2.24. The molecule has 2 rings (SSSR count). The second-order valence-corrected chi connectivity index (χ2v) is 8.62. The lowest BCUT2D eigenvalue weighted by atomic mass is 10.1. The van der Waals surface area contributed by atoms with Gasteiger partial charge in [0.15, 0.2) is 0 Å². The molecule has 1 aliphatic rings. The van der Waals surface area contributed by atoms with Crippen LogP contribution in [0, 0.1) is 5.92 Å². The van der Waals surface area contributed by atoms with Crippen molar-refractivity contribution in [2.75, 3.05) is 26.4 Å². The van der Waals surface area contributed by atoms with Gasteiger partial charge in [0, 0.05) is 29.6 Å². The Balaban J connectivity index is 2.16. The van der Waals surface area contributed by atoms with Crippen LogP contribution in [0.2, 0.25) is 5.02 Å². The van der Waals surface area contributed by atoms with Gasteiger partial charge < -0.3 is 15.2 Å². The van der Waals surface area contributed by atoms with E-state index in [1.165, 1.54) is 6.07 Å². The molecule has 6 nitrogen and oxygen atoms in total. The van der Waals surface area contributed by atoms with Gasteiger partial charge in [-0.1, -0.05) is 11.6 Å². The summed E-state index contributed by atoms with van der Waals surface area (Å²) in [4.78, 5) is 0.0214. The summed E-state index contributed by atoms with van der Waals surface area (Å²) in [7, 11) is -3.76. The van der Waals surface area contributed by atoms with Gasteiger partial charge in [-0.25, -0.2) is 13.1 Å². The van der Waals surface area contributed by atoms with E-state index in [0.717, 1.165) is 6.42 Å². The summed E-state index contributed by atoms with van der Waals surface area (Å²) >= 11 is 5.95. The Morgan fingerprint density at radius 2 is 2.22 bits per heavy atom. The van der Waals surface area contributed by atoms with E-state index in [-0.39, 0.29) is 23.1 Å². The van der Waals surface area contributed by atoms with Crippen LogP contribution in [0.5, 0.6) is 5.75 Å². The van der Waals surface area contributed by atoms with Crippen LogP contribution in [0.1, 0.15) is 20.3 Å². The van der Waals surface area contributed by atoms with Crippen molar-refractivity contribution in [2.45, 2.75) is 30.7 Å². The third kappa shape index (κ3) is 5.61. The van der Waals surface area contributed by atoms with E-state index in [1.807, 2.05) is 0 Å². The Kier molecular flexibility index (Phi) is 5.91. The minimum Gasteiger partial charge on any atom is -0.492 e. The molecule has 0 saturated carbocycles. The first kappa shape index (κ1) is 18.5. The standard InChI is InChI=1S/C15H23ClN2O4S/c1-15(2,17)10-18-23(19,20)14-7-12(16)3-4-13(14)22-9-11-5-6-21-8-11/h3-4,7,11,18H,5-6,8-10,17H2,1-2H3. The molecular formula is C15H23ClN2O4S. The first-order valence-electron chi connectivity index (χ1n) is 7.46. The highest BCUT2D eigenvalue weighted by molar-refractivity contribution is 7.89. The number of rotatable bonds is 7. The maximum absolute atomic E-state index is 12.5. The molecule has 8 heteroatoms. The SMILES string of the molecule is CC(C)(N)CNS(=O)(=O)c1cc(Cl)ccc1OCC1CCOC1. The normalized spacial score (nSPS) is 19.0. The molecule has 1 unspecified atom stereocenters. The third-order valence-corrected chi connectivity index (χ3v) is 5.07. The summed E-state index contributed by atoms with van der Waals surface area (Å²) in [6, 6.07) is 4.56. The fourth-order valence-corrected chi connectivity index (χ4v) is 3.72. The zero-order valence-corrected chi connectivity index (χ0v) is 14.9. The second-order valence-electron chi connectivity index (χ2n) is 6.44. The molecule has 1 atom stereocenters. The fourth-order valence-electron chi connectivity index (χ4n) is 2.09. The zero-order chi connectivity index (χ0) is 17.1. The first-order chi connectivity index (χ1) is 10.7. The van der Waals surface area contributed by atoms with E-state index in [0.29, 0.717) is 24.8 Å². The van der Waals surface area contributed by atoms with Crippen molar-refractivity contribution in [1.29, 1.82) is 0 Å². The molecule has 0 spiro atoms. The fraction of sp³-hybridized carbons (Fsp3) is 0.600. The maximum atomic E-state index is 12.5. The van der Waals surface area contributed by atoms with E-state index in [1.54, 1.807) is 26.0 Å². The molecule has 1 aliphatic heterocycles. The summed E-state index contributed by atoms with van der Waals surface area (Å²) in [6.07, 6.45) is 0.912. The van der Waals surface area contributed by atoms with Crippen molar-refractivity contribution in [3.05, 3.63) is 23.2 Å². The molecule has 3 N–H and O–H groups in total. The molecule has 1 aromatic rings.